The fraction of sp³-hybridized carbons (Fsp3) is 0.333. The predicted octanol–water partition coefficient (Wildman–Crippen LogP) is 8.26. The van der Waals surface area contributed by atoms with Crippen LogP contribution in [0.4, 0.5) is 18.9 Å². The molecule has 2 amide bonds. The summed E-state index contributed by atoms with van der Waals surface area (Å²) < 4.78 is 71.3. The molecule has 5 rings (SSSR count). The molecule has 1 N–H and O–H groups in total. The third kappa shape index (κ3) is 9.71. The van der Waals surface area contributed by atoms with Crippen molar-refractivity contribution in [2.75, 3.05) is 10.8 Å². The standard InChI is InChI=1S/C39H41ClF3N3O4S/c1-27-13-17-30(18-14-27)25-45(36(23-29-9-5-3-6-10-29)38(48)44-31-11-7-4-8-12-31)37(47)26-46(51(49,50)33-20-15-28(2)16-21-33)32-19-22-35(40)34(24-32)39(41,42)43/h3,5-6,9-10,13-22,24,31,36H,4,7-8,11-12,23,25-26H2,1-2H3,(H,44,48)/t36-/m0/s1. The number of anilines is 1. The average molecular weight is 740 g/mol. The Labute approximate surface area is 302 Å². The molecule has 7 nitrogen and oxygen atoms in total. The maximum Gasteiger partial charge on any atom is 0.417 e. The first-order valence-corrected chi connectivity index (χ1v) is 18.7. The van der Waals surface area contributed by atoms with E-state index in [9.17, 15) is 31.2 Å². The Balaban J connectivity index is 1.61. The highest BCUT2D eigenvalue weighted by Crippen LogP contribution is 2.38. The van der Waals surface area contributed by atoms with E-state index in [0.29, 0.717) is 15.9 Å². The molecule has 1 aliphatic carbocycles. The number of nitrogens with one attached hydrogen (secondary N) is 1. The first-order chi connectivity index (χ1) is 24.2. The van der Waals surface area contributed by atoms with Gasteiger partial charge in [-0.1, -0.05) is 109 Å². The lowest BCUT2D eigenvalue weighted by Crippen LogP contribution is -2.55. The van der Waals surface area contributed by atoms with Gasteiger partial charge in [0.1, 0.15) is 12.6 Å². The van der Waals surface area contributed by atoms with Crippen molar-refractivity contribution in [2.45, 2.75) is 82.1 Å². The number of carbonyl (C=O) groups is 2. The second-order valence-corrected chi connectivity index (χ2v) is 15.3. The van der Waals surface area contributed by atoms with Gasteiger partial charge in [0, 0.05) is 19.0 Å². The third-order valence-corrected chi connectivity index (χ3v) is 11.2. The van der Waals surface area contributed by atoms with Gasteiger partial charge in [0.2, 0.25) is 11.8 Å². The molecular formula is C39H41ClF3N3O4S. The summed E-state index contributed by atoms with van der Waals surface area (Å²) in [5.74, 6) is -1.15. The molecule has 0 saturated heterocycles. The Morgan fingerprint density at radius 3 is 2.06 bits per heavy atom. The SMILES string of the molecule is Cc1ccc(CN(C(=O)CN(c2ccc(Cl)c(C(F)(F)F)c2)S(=O)(=O)c2ccc(C)cc2)[C@@H](Cc2ccccc2)C(=O)NC2CCCCC2)cc1. The second-order valence-electron chi connectivity index (χ2n) is 13.0. The molecule has 12 heteroatoms. The molecule has 4 aromatic carbocycles. The summed E-state index contributed by atoms with van der Waals surface area (Å²) in [7, 11) is -4.61. The van der Waals surface area contributed by atoms with E-state index in [4.69, 9.17) is 11.6 Å². The molecule has 1 fully saturated rings. The van der Waals surface area contributed by atoms with E-state index >= 15 is 0 Å². The van der Waals surface area contributed by atoms with Gasteiger partial charge in [-0.25, -0.2) is 8.42 Å². The van der Waals surface area contributed by atoms with Gasteiger partial charge in [-0.05, 0) is 68.1 Å². The summed E-state index contributed by atoms with van der Waals surface area (Å²) in [5, 5.41) is 2.52. The average Bonchev–Trinajstić information content (AvgIpc) is 3.10. The smallest absolute Gasteiger partial charge is 0.352 e. The topological polar surface area (TPSA) is 86.8 Å². The molecule has 0 aliphatic heterocycles. The van der Waals surface area contributed by atoms with Crippen LogP contribution in [0.5, 0.6) is 0 Å². The molecule has 0 spiro atoms. The highest BCUT2D eigenvalue weighted by molar-refractivity contribution is 7.92. The zero-order valence-electron chi connectivity index (χ0n) is 28.5. The zero-order valence-corrected chi connectivity index (χ0v) is 30.1. The van der Waals surface area contributed by atoms with Crippen molar-refractivity contribution in [1.82, 2.24) is 10.2 Å². The molecule has 0 unspecified atom stereocenters. The van der Waals surface area contributed by atoms with Gasteiger partial charge in [-0.15, -0.1) is 0 Å². The van der Waals surface area contributed by atoms with E-state index in [0.717, 1.165) is 60.9 Å². The minimum Gasteiger partial charge on any atom is -0.352 e. The fourth-order valence-corrected chi connectivity index (χ4v) is 7.87. The molecule has 0 radical (unpaired) electrons. The summed E-state index contributed by atoms with van der Waals surface area (Å²) in [6, 6.07) is 23.9. The molecule has 270 valence electrons. The van der Waals surface area contributed by atoms with Gasteiger partial charge in [-0.3, -0.25) is 13.9 Å². The normalized spacial score (nSPS) is 14.5. The number of nitrogens with zero attached hydrogens (tertiary/aromatic N) is 2. The van der Waals surface area contributed by atoms with E-state index in [1.807, 2.05) is 61.5 Å². The van der Waals surface area contributed by atoms with E-state index < -0.39 is 51.0 Å². The Bertz CT molecular complexity index is 1920. The van der Waals surface area contributed by atoms with Crippen molar-refractivity contribution in [1.29, 1.82) is 0 Å². The van der Waals surface area contributed by atoms with Crippen LogP contribution in [0.1, 0.15) is 59.9 Å². The van der Waals surface area contributed by atoms with Crippen LogP contribution >= 0.6 is 11.6 Å². The van der Waals surface area contributed by atoms with Gasteiger partial charge in [0.15, 0.2) is 0 Å². The Hall–Kier alpha value is -4.35. The quantitative estimate of drug-likeness (QED) is 0.159. The van der Waals surface area contributed by atoms with Crippen molar-refractivity contribution in [3.05, 3.63) is 130 Å². The van der Waals surface area contributed by atoms with Crippen molar-refractivity contribution >= 4 is 39.1 Å². The van der Waals surface area contributed by atoms with Crippen LogP contribution in [0.25, 0.3) is 0 Å². The molecular weight excluding hydrogens is 699 g/mol. The first-order valence-electron chi connectivity index (χ1n) is 16.9. The Morgan fingerprint density at radius 1 is 0.843 bits per heavy atom. The molecule has 1 saturated carbocycles. The maximum absolute atomic E-state index is 14.7. The van der Waals surface area contributed by atoms with Crippen molar-refractivity contribution < 1.29 is 31.2 Å². The van der Waals surface area contributed by atoms with Gasteiger partial charge in [-0.2, -0.15) is 13.2 Å². The summed E-state index contributed by atoms with van der Waals surface area (Å²) in [5.41, 5.74) is 1.56. The monoisotopic (exact) mass is 739 g/mol. The number of hydrogen-bond acceptors (Lipinski definition) is 4. The second kappa shape index (κ2) is 16.3. The van der Waals surface area contributed by atoms with E-state index in [1.54, 1.807) is 19.1 Å². The van der Waals surface area contributed by atoms with Crippen LogP contribution in [0.15, 0.2) is 102 Å². The number of benzene rings is 4. The lowest BCUT2D eigenvalue weighted by molar-refractivity contribution is -0.140. The minimum atomic E-state index is -4.90. The van der Waals surface area contributed by atoms with Crippen molar-refractivity contribution in [3.63, 3.8) is 0 Å². The summed E-state index contributed by atoms with van der Waals surface area (Å²) in [6.45, 7) is 2.74. The summed E-state index contributed by atoms with van der Waals surface area (Å²) in [6.07, 6.45) is -0.163. The van der Waals surface area contributed by atoms with E-state index in [2.05, 4.69) is 5.32 Å². The molecule has 0 aromatic heterocycles. The molecule has 51 heavy (non-hydrogen) atoms. The number of amides is 2. The number of hydrogen-bond donors (Lipinski definition) is 1. The van der Waals surface area contributed by atoms with Crippen LogP contribution in [-0.2, 0) is 38.8 Å². The number of sulfonamides is 1. The molecule has 1 atom stereocenters. The van der Waals surface area contributed by atoms with E-state index in [1.165, 1.54) is 17.0 Å². The van der Waals surface area contributed by atoms with Crippen LogP contribution < -0.4 is 9.62 Å². The molecule has 4 aromatic rings. The number of aryl methyl sites for hydroxylation is 2. The van der Waals surface area contributed by atoms with Crippen LogP contribution in [-0.4, -0.2) is 43.8 Å². The third-order valence-electron chi connectivity index (χ3n) is 9.13. The highest BCUT2D eigenvalue weighted by Gasteiger charge is 2.38. The molecule has 0 bridgehead atoms. The zero-order chi connectivity index (χ0) is 36.8. The van der Waals surface area contributed by atoms with Crippen LogP contribution in [0.3, 0.4) is 0 Å². The Kier molecular flexibility index (Phi) is 12.1. The summed E-state index contributed by atoms with van der Waals surface area (Å²) in [4.78, 5) is 30.1. The fourth-order valence-electron chi connectivity index (χ4n) is 6.24. The van der Waals surface area contributed by atoms with Crippen molar-refractivity contribution in [2.24, 2.45) is 0 Å². The molecule has 1 aliphatic rings. The first kappa shape index (κ1) is 37.9. The van der Waals surface area contributed by atoms with Gasteiger partial charge in [0.25, 0.3) is 10.0 Å². The lowest BCUT2D eigenvalue weighted by atomic mass is 9.94. The molecule has 0 heterocycles. The van der Waals surface area contributed by atoms with Gasteiger partial charge >= 0.3 is 6.18 Å². The number of alkyl halides is 3. The summed E-state index contributed by atoms with van der Waals surface area (Å²) >= 11 is 5.92. The van der Waals surface area contributed by atoms with Crippen LogP contribution in [0.2, 0.25) is 5.02 Å². The lowest BCUT2D eigenvalue weighted by Gasteiger charge is -2.35. The van der Waals surface area contributed by atoms with Gasteiger partial charge in [0.05, 0.1) is 21.2 Å². The number of halogens is 4. The van der Waals surface area contributed by atoms with Crippen molar-refractivity contribution in [3.8, 4) is 0 Å². The minimum absolute atomic E-state index is 0.0540. The van der Waals surface area contributed by atoms with E-state index in [-0.39, 0.29) is 29.8 Å². The largest absolute Gasteiger partial charge is 0.417 e. The van der Waals surface area contributed by atoms with Crippen LogP contribution in [0, 0.1) is 13.8 Å². The number of carbonyl (C=O) groups excluding carboxylic acids is 2. The predicted molar refractivity (Wildman–Crippen MR) is 193 cm³/mol. The Morgan fingerprint density at radius 2 is 1.45 bits per heavy atom. The highest BCUT2D eigenvalue weighted by atomic mass is 35.5. The maximum atomic E-state index is 14.7. The van der Waals surface area contributed by atoms with Gasteiger partial charge < -0.3 is 10.2 Å². The number of rotatable bonds is 12.